The molecule has 2 heterocycles. The number of halogens is 1. The van der Waals surface area contributed by atoms with E-state index in [9.17, 15) is 28.4 Å². The van der Waals surface area contributed by atoms with Crippen molar-refractivity contribution in [3.05, 3.63) is 29.6 Å². The summed E-state index contributed by atoms with van der Waals surface area (Å²) in [4.78, 5) is 71.8. The molecule has 13 nitrogen and oxygen atoms in total. The summed E-state index contributed by atoms with van der Waals surface area (Å²) in [7, 11) is 6.63. The molecule has 1 saturated heterocycles. The minimum atomic E-state index is -1.04. The van der Waals surface area contributed by atoms with Gasteiger partial charge in [0.1, 0.15) is 29.8 Å². The Balaban J connectivity index is 1.91. The highest BCUT2D eigenvalue weighted by atomic mass is 19.1. The number of hydrogen-bond acceptors (Lipinski definition) is 8. The van der Waals surface area contributed by atoms with E-state index in [0.717, 1.165) is 12.1 Å². The normalized spacial score (nSPS) is 22.1. The van der Waals surface area contributed by atoms with Gasteiger partial charge in [-0.3, -0.25) is 19.2 Å². The van der Waals surface area contributed by atoms with Crippen LogP contribution in [-0.2, 0) is 19.1 Å². The SMILES string of the molecule is CN(C)CCNC(=O)[C@@H]1CCC(=O)N(C)CC(=O)N2C[C@@H](NC(=O)OC(C)(C)C)C[C@H]2COc2ccc(F)cc2C(=O)N1C. The highest BCUT2D eigenvalue weighted by Crippen LogP contribution is 2.26. The molecular formula is C30H45FN6O7. The molecule has 2 N–H and O–H groups in total. The third kappa shape index (κ3) is 9.53. The zero-order valence-electron chi connectivity index (χ0n) is 26.6. The molecule has 44 heavy (non-hydrogen) atoms. The van der Waals surface area contributed by atoms with Crippen molar-refractivity contribution in [2.24, 2.45) is 0 Å². The fourth-order valence-corrected chi connectivity index (χ4v) is 5.13. The van der Waals surface area contributed by atoms with Gasteiger partial charge in [0.25, 0.3) is 5.91 Å². The molecule has 0 bridgehead atoms. The van der Waals surface area contributed by atoms with Gasteiger partial charge in [0.2, 0.25) is 17.7 Å². The van der Waals surface area contributed by atoms with Crippen molar-refractivity contribution in [1.82, 2.24) is 30.2 Å². The van der Waals surface area contributed by atoms with Crippen LogP contribution in [0.2, 0.25) is 0 Å². The van der Waals surface area contributed by atoms with Gasteiger partial charge in [-0.05, 0) is 65.9 Å². The smallest absolute Gasteiger partial charge is 0.407 e. The molecule has 244 valence electrons. The van der Waals surface area contributed by atoms with Crippen LogP contribution in [0.3, 0.4) is 0 Å². The number of benzene rings is 1. The molecule has 1 fully saturated rings. The first-order valence-electron chi connectivity index (χ1n) is 14.7. The predicted molar refractivity (Wildman–Crippen MR) is 159 cm³/mol. The first kappa shape index (κ1) is 34.5. The van der Waals surface area contributed by atoms with E-state index >= 15 is 0 Å². The Labute approximate surface area is 258 Å². The van der Waals surface area contributed by atoms with Crippen LogP contribution in [0, 0.1) is 5.82 Å². The summed E-state index contributed by atoms with van der Waals surface area (Å²) in [5.41, 5.74) is -0.810. The van der Waals surface area contributed by atoms with Crippen LogP contribution in [0.1, 0.15) is 50.4 Å². The van der Waals surface area contributed by atoms with E-state index in [-0.39, 0.29) is 55.7 Å². The Morgan fingerprint density at radius 1 is 1.14 bits per heavy atom. The van der Waals surface area contributed by atoms with Crippen molar-refractivity contribution in [3.63, 3.8) is 0 Å². The van der Waals surface area contributed by atoms with Gasteiger partial charge >= 0.3 is 6.09 Å². The second kappa shape index (κ2) is 14.7. The standard InChI is InChI=1S/C30H45FN6O7/c1-30(2,3)44-29(42)33-20-15-21-18-43-24-10-8-19(31)14-22(24)28(41)36(7)23(27(40)32-12-13-34(4)5)9-11-25(38)35(6)17-26(39)37(21)16-20/h8,10,14,20-21,23H,9,11-13,15-18H2,1-7H3,(H,32,40)(H,33,42)/t20-,21-,23-/m0/s1. The lowest BCUT2D eigenvalue weighted by Crippen LogP contribution is -2.49. The summed E-state index contributed by atoms with van der Waals surface area (Å²) in [6.07, 6.45) is -0.443. The van der Waals surface area contributed by atoms with Gasteiger partial charge in [-0.1, -0.05) is 0 Å². The fourth-order valence-electron chi connectivity index (χ4n) is 5.13. The summed E-state index contributed by atoms with van der Waals surface area (Å²) in [5, 5.41) is 5.59. The first-order valence-corrected chi connectivity index (χ1v) is 14.7. The molecule has 1 aromatic rings. The lowest BCUT2D eigenvalue weighted by molar-refractivity contribution is -0.140. The molecule has 14 heteroatoms. The number of ether oxygens (including phenoxy) is 2. The Bertz CT molecular complexity index is 1240. The Hall–Kier alpha value is -3.94. The molecule has 3 atom stereocenters. The van der Waals surface area contributed by atoms with E-state index in [1.165, 1.54) is 34.9 Å². The van der Waals surface area contributed by atoms with Gasteiger partial charge in [-0.25, -0.2) is 9.18 Å². The number of alkyl carbamates (subject to hydrolysis) is 1. The molecule has 5 amide bonds. The zero-order valence-corrected chi connectivity index (χ0v) is 26.6. The van der Waals surface area contributed by atoms with Crippen LogP contribution in [0.5, 0.6) is 5.75 Å². The average molecular weight is 621 g/mol. The summed E-state index contributed by atoms with van der Waals surface area (Å²) < 4.78 is 25.8. The molecule has 1 aromatic carbocycles. The van der Waals surface area contributed by atoms with Gasteiger partial charge in [0.15, 0.2) is 0 Å². The van der Waals surface area contributed by atoms with E-state index in [1.54, 1.807) is 20.8 Å². The van der Waals surface area contributed by atoms with Crippen molar-refractivity contribution in [3.8, 4) is 5.75 Å². The molecule has 3 rings (SSSR count). The Morgan fingerprint density at radius 2 is 1.84 bits per heavy atom. The van der Waals surface area contributed by atoms with Crippen molar-refractivity contribution in [2.75, 3.05) is 61.0 Å². The number of likely N-dealkylation sites (N-methyl/N-ethyl adjacent to an activating group) is 3. The number of carbonyl (C=O) groups excluding carboxylic acids is 5. The van der Waals surface area contributed by atoms with Crippen molar-refractivity contribution in [1.29, 1.82) is 0 Å². The number of fused-ring (bicyclic) bond motifs is 2. The van der Waals surface area contributed by atoms with Crippen molar-refractivity contribution < 1.29 is 37.8 Å². The summed E-state index contributed by atoms with van der Waals surface area (Å²) >= 11 is 0. The van der Waals surface area contributed by atoms with E-state index < -0.39 is 47.5 Å². The second-order valence-corrected chi connectivity index (χ2v) is 12.5. The molecule has 0 unspecified atom stereocenters. The maximum atomic E-state index is 14.4. The van der Waals surface area contributed by atoms with Gasteiger partial charge in [-0.15, -0.1) is 0 Å². The molecule has 0 saturated carbocycles. The minimum Gasteiger partial charge on any atom is -0.491 e. The third-order valence-electron chi connectivity index (χ3n) is 7.44. The zero-order chi connectivity index (χ0) is 32.8. The van der Waals surface area contributed by atoms with Crippen LogP contribution >= 0.6 is 0 Å². The topological polar surface area (TPSA) is 141 Å². The number of nitrogens with one attached hydrogen (secondary N) is 2. The van der Waals surface area contributed by atoms with Crippen LogP contribution < -0.4 is 15.4 Å². The van der Waals surface area contributed by atoms with E-state index in [0.29, 0.717) is 19.5 Å². The maximum absolute atomic E-state index is 14.4. The molecule has 0 aliphatic carbocycles. The van der Waals surface area contributed by atoms with Gasteiger partial charge in [0, 0.05) is 40.2 Å². The van der Waals surface area contributed by atoms with Crippen LogP contribution in [0.4, 0.5) is 9.18 Å². The van der Waals surface area contributed by atoms with Crippen LogP contribution in [0.15, 0.2) is 18.2 Å². The van der Waals surface area contributed by atoms with Crippen molar-refractivity contribution in [2.45, 2.75) is 63.8 Å². The third-order valence-corrected chi connectivity index (χ3v) is 7.44. The molecule has 0 aromatic heterocycles. The molecule has 0 spiro atoms. The van der Waals surface area contributed by atoms with E-state index in [1.807, 2.05) is 19.0 Å². The Morgan fingerprint density at radius 3 is 2.50 bits per heavy atom. The highest BCUT2D eigenvalue weighted by molar-refractivity contribution is 5.99. The summed E-state index contributed by atoms with van der Waals surface area (Å²) in [6, 6.07) is 1.50. The number of amides is 5. The lowest BCUT2D eigenvalue weighted by Gasteiger charge is -2.28. The van der Waals surface area contributed by atoms with E-state index in [4.69, 9.17) is 9.47 Å². The fraction of sp³-hybridized carbons (Fsp3) is 0.633. The summed E-state index contributed by atoms with van der Waals surface area (Å²) in [6.45, 7) is 5.97. The van der Waals surface area contributed by atoms with Gasteiger partial charge < -0.3 is 39.7 Å². The predicted octanol–water partition coefficient (Wildman–Crippen LogP) is 1.07. The van der Waals surface area contributed by atoms with Crippen LogP contribution in [0.25, 0.3) is 0 Å². The number of nitrogens with zero attached hydrogens (tertiary/aromatic N) is 4. The summed E-state index contributed by atoms with van der Waals surface area (Å²) in [5.74, 6) is -2.46. The van der Waals surface area contributed by atoms with Gasteiger partial charge in [0.05, 0.1) is 24.2 Å². The first-order chi connectivity index (χ1) is 20.6. The monoisotopic (exact) mass is 620 g/mol. The lowest BCUT2D eigenvalue weighted by atomic mass is 10.1. The highest BCUT2D eigenvalue weighted by Gasteiger charge is 2.38. The molecular weight excluding hydrogens is 575 g/mol. The number of carbonyl (C=O) groups is 5. The molecule has 2 aliphatic heterocycles. The molecule has 2 aliphatic rings. The second-order valence-electron chi connectivity index (χ2n) is 12.5. The quantitative estimate of drug-likeness (QED) is 0.498. The number of rotatable bonds is 5. The largest absolute Gasteiger partial charge is 0.491 e. The maximum Gasteiger partial charge on any atom is 0.407 e. The van der Waals surface area contributed by atoms with Crippen molar-refractivity contribution >= 4 is 29.7 Å². The van der Waals surface area contributed by atoms with Gasteiger partial charge in [-0.2, -0.15) is 0 Å². The van der Waals surface area contributed by atoms with Crippen LogP contribution in [-0.4, -0.2) is 134 Å². The average Bonchev–Trinajstić information content (AvgIpc) is 3.32. The Kier molecular flexibility index (Phi) is 11.5. The minimum absolute atomic E-state index is 0.0207. The molecule has 0 radical (unpaired) electrons. The van der Waals surface area contributed by atoms with E-state index in [2.05, 4.69) is 10.6 Å². The number of hydrogen-bond donors (Lipinski definition) is 2.